The van der Waals surface area contributed by atoms with Crippen LogP contribution in [-0.4, -0.2) is 27.7 Å². The largest absolute Gasteiger partial charge is 0.352 e. The van der Waals surface area contributed by atoms with Crippen LogP contribution in [0.25, 0.3) is 16.2 Å². The predicted octanol–water partition coefficient (Wildman–Crippen LogP) is 4.27. The summed E-state index contributed by atoms with van der Waals surface area (Å²) in [6, 6.07) is 9.42. The summed E-state index contributed by atoms with van der Waals surface area (Å²) >= 11 is 3.08. The number of carbonyl (C=O) groups excluding carboxylic acids is 2. The van der Waals surface area contributed by atoms with E-state index in [1.54, 1.807) is 22.8 Å². The molecule has 4 rings (SSSR count). The molecule has 8 heteroatoms. The number of thiazole rings is 1. The number of amides is 2. The maximum Gasteiger partial charge on any atom is 0.252 e. The number of aromatic nitrogens is 2. The van der Waals surface area contributed by atoms with Crippen molar-refractivity contribution in [1.29, 1.82) is 0 Å². The van der Waals surface area contributed by atoms with Gasteiger partial charge < -0.3 is 10.6 Å². The molecule has 0 fully saturated rings. The van der Waals surface area contributed by atoms with E-state index in [0.29, 0.717) is 24.9 Å². The van der Waals surface area contributed by atoms with Gasteiger partial charge in [0.2, 0.25) is 5.91 Å². The van der Waals surface area contributed by atoms with Crippen molar-refractivity contribution < 1.29 is 9.59 Å². The first-order valence-corrected chi connectivity index (χ1v) is 10.6. The van der Waals surface area contributed by atoms with Gasteiger partial charge in [0, 0.05) is 52.9 Å². The van der Waals surface area contributed by atoms with E-state index in [1.807, 2.05) is 51.8 Å². The minimum Gasteiger partial charge on any atom is -0.352 e. The molecule has 2 amide bonds. The first-order valence-electron chi connectivity index (χ1n) is 8.82. The lowest BCUT2D eigenvalue weighted by Crippen LogP contribution is -2.25. The van der Waals surface area contributed by atoms with Gasteiger partial charge in [-0.15, -0.1) is 11.3 Å². The van der Waals surface area contributed by atoms with Gasteiger partial charge in [-0.2, -0.15) is 11.3 Å². The summed E-state index contributed by atoms with van der Waals surface area (Å²) in [6.07, 6.45) is 4.91. The number of carbonyl (C=O) groups is 2. The van der Waals surface area contributed by atoms with E-state index in [4.69, 9.17) is 0 Å². The Labute approximate surface area is 169 Å². The Bertz CT molecular complexity index is 1050. The molecule has 4 aromatic rings. The van der Waals surface area contributed by atoms with E-state index in [9.17, 15) is 9.59 Å². The van der Waals surface area contributed by atoms with Gasteiger partial charge in [0.05, 0.1) is 5.69 Å². The molecule has 0 atom stereocenters. The molecule has 0 spiro atoms. The number of nitrogens with zero attached hydrogens (tertiary/aromatic N) is 2. The van der Waals surface area contributed by atoms with E-state index in [0.717, 1.165) is 21.9 Å². The molecule has 142 valence electrons. The van der Waals surface area contributed by atoms with Crippen LogP contribution in [0, 0.1) is 0 Å². The second-order valence-electron chi connectivity index (χ2n) is 6.22. The van der Waals surface area contributed by atoms with Crippen molar-refractivity contribution in [3.63, 3.8) is 0 Å². The van der Waals surface area contributed by atoms with Crippen LogP contribution in [0.15, 0.2) is 58.9 Å². The molecule has 0 saturated carbocycles. The first kappa shape index (κ1) is 18.4. The molecule has 28 heavy (non-hydrogen) atoms. The SMILES string of the molecule is O=C(CCCNC(=O)c1ccsc1)Nc1ccc(-c2cn3ccsc3n2)cc1. The van der Waals surface area contributed by atoms with Crippen LogP contribution < -0.4 is 10.6 Å². The topological polar surface area (TPSA) is 75.5 Å². The average Bonchev–Trinajstić information content (AvgIpc) is 3.42. The zero-order valence-corrected chi connectivity index (χ0v) is 16.6. The maximum atomic E-state index is 12.1. The lowest BCUT2D eigenvalue weighted by Gasteiger charge is -2.07. The molecule has 0 saturated heterocycles. The van der Waals surface area contributed by atoms with E-state index < -0.39 is 0 Å². The lowest BCUT2D eigenvalue weighted by atomic mass is 10.1. The smallest absolute Gasteiger partial charge is 0.252 e. The number of fused-ring (bicyclic) bond motifs is 1. The van der Waals surface area contributed by atoms with E-state index in [-0.39, 0.29) is 11.8 Å². The Balaban J connectivity index is 1.24. The zero-order valence-electron chi connectivity index (χ0n) is 14.9. The molecule has 0 aliphatic heterocycles. The number of thiophene rings is 1. The van der Waals surface area contributed by atoms with Crippen molar-refractivity contribution in [3.8, 4) is 11.3 Å². The van der Waals surface area contributed by atoms with Crippen LogP contribution in [0.2, 0.25) is 0 Å². The van der Waals surface area contributed by atoms with Crippen molar-refractivity contribution in [1.82, 2.24) is 14.7 Å². The molecule has 0 aliphatic carbocycles. The van der Waals surface area contributed by atoms with Crippen LogP contribution in [0.4, 0.5) is 5.69 Å². The van der Waals surface area contributed by atoms with E-state index in [1.165, 1.54) is 11.3 Å². The van der Waals surface area contributed by atoms with Gasteiger partial charge in [-0.05, 0) is 30.0 Å². The van der Waals surface area contributed by atoms with Gasteiger partial charge in [-0.1, -0.05) is 12.1 Å². The minimum absolute atomic E-state index is 0.0694. The number of anilines is 1. The molecular formula is C20H18N4O2S2. The first-order chi connectivity index (χ1) is 13.7. The van der Waals surface area contributed by atoms with E-state index in [2.05, 4.69) is 15.6 Å². The Morgan fingerprint density at radius 3 is 2.71 bits per heavy atom. The highest BCUT2D eigenvalue weighted by atomic mass is 32.1. The summed E-state index contributed by atoms with van der Waals surface area (Å²) in [5.74, 6) is -0.170. The number of hydrogen-bond donors (Lipinski definition) is 2. The fourth-order valence-electron chi connectivity index (χ4n) is 2.76. The highest BCUT2D eigenvalue weighted by Gasteiger charge is 2.08. The molecule has 0 radical (unpaired) electrons. The normalized spacial score (nSPS) is 10.9. The molecule has 0 bridgehead atoms. The third-order valence-corrected chi connectivity index (χ3v) is 5.66. The predicted molar refractivity (Wildman–Crippen MR) is 113 cm³/mol. The number of benzene rings is 1. The van der Waals surface area contributed by atoms with Crippen molar-refractivity contribution in [3.05, 3.63) is 64.4 Å². The van der Waals surface area contributed by atoms with Crippen molar-refractivity contribution >= 4 is 45.1 Å². The quantitative estimate of drug-likeness (QED) is 0.447. The molecule has 0 aliphatic rings. The van der Waals surface area contributed by atoms with Gasteiger partial charge in [0.15, 0.2) is 4.96 Å². The average molecular weight is 411 g/mol. The Morgan fingerprint density at radius 1 is 1.11 bits per heavy atom. The fourth-order valence-corrected chi connectivity index (χ4v) is 4.10. The van der Waals surface area contributed by atoms with Crippen LogP contribution >= 0.6 is 22.7 Å². The van der Waals surface area contributed by atoms with Crippen LogP contribution in [-0.2, 0) is 4.79 Å². The summed E-state index contributed by atoms with van der Waals surface area (Å²) in [7, 11) is 0. The van der Waals surface area contributed by atoms with Gasteiger partial charge in [0.25, 0.3) is 5.91 Å². The highest BCUT2D eigenvalue weighted by molar-refractivity contribution is 7.15. The summed E-state index contributed by atoms with van der Waals surface area (Å²) in [6.45, 7) is 0.471. The molecule has 6 nitrogen and oxygen atoms in total. The monoisotopic (exact) mass is 410 g/mol. The Hall–Kier alpha value is -2.97. The van der Waals surface area contributed by atoms with Gasteiger partial charge in [0.1, 0.15) is 0 Å². The number of imidazole rings is 1. The second-order valence-corrected chi connectivity index (χ2v) is 7.87. The molecule has 3 aromatic heterocycles. The highest BCUT2D eigenvalue weighted by Crippen LogP contribution is 2.23. The Kier molecular flexibility index (Phi) is 5.50. The number of hydrogen-bond acceptors (Lipinski definition) is 5. The molecule has 3 heterocycles. The third kappa shape index (κ3) is 4.29. The summed E-state index contributed by atoms with van der Waals surface area (Å²) in [4.78, 5) is 29.4. The molecule has 0 unspecified atom stereocenters. The molecule has 2 N–H and O–H groups in total. The standard InChI is InChI=1S/C20H18N4O2S2/c25-18(2-1-8-21-19(26)15-7-10-27-13-15)22-16-5-3-14(4-6-16)17-12-24-9-11-28-20(24)23-17/h3-7,9-13H,1-2,8H2,(H,21,26)(H,22,25). The van der Waals surface area contributed by atoms with Crippen molar-refractivity contribution in [2.75, 3.05) is 11.9 Å². The van der Waals surface area contributed by atoms with Gasteiger partial charge in [-0.3, -0.25) is 14.0 Å². The lowest BCUT2D eigenvalue weighted by molar-refractivity contribution is -0.116. The molecule has 1 aromatic carbocycles. The molecular weight excluding hydrogens is 392 g/mol. The number of nitrogens with one attached hydrogen (secondary N) is 2. The van der Waals surface area contributed by atoms with Crippen molar-refractivity contribution in [2.24, 2.45) is 0 Å². The number of rotatable bonds is 7. The minimum atomic E-state index is -0.101. The fraction of sp³-hybridized carbons (Fsp3) is 0.150. The zero-order chi connectivity index (χ0) is 19.3. The van der Waals surface area contributed by atoms with E-state index >= 15 is 0 Å². The van der Waals surface area contributed by atoms with Crippen molar-refractivity contribution in [2.45, 2.75) is 12.8 Å². The summed E-state index contributed by atoms with van der Waals surface area (Å²) < 4.78 is 1.99. The van der Waals surface area contributed by atoms with Gasteiger partial charge in [-0.25, -0.2) is 4.98 Å². The van der Waals surface area contributed by atoms with Crippen LogP contribution in [0.1, 0.15) is 23.2 Å². The van der Waals surface area contributed by atoms with Gasteiger partial charge >= 0.3 is 0 Å². The Morgan fingerprint density at radius 2 is 1.96 bits per heavy atom. The maximum absolute atomic E-state index is 12.1. The van der Waals surface area contributed by atoms with Crippen LogP contribution in [0.5, 0.6) is 0 Å². The second kappa shape index (κ2) is 8.37. The summed E-state index contributed by atoms with van der Waals surface area (Å²) in [5.41, 5.74) is 3.32. The van der Waals surface area contributed by atoms with Crippen LogP contribution in [0.3, 0.4) is 0 Å². The third-order valence-electron chi connectivity index (χ3n) is 4.21. The summed E-state index contributed by atoms with van der Waals surface area (Å²) in [5, 5.41) is 11.4.